The molecule has 2 aromatic rings. The number of carbonyl (C=O) groups excluding carboxylic acids is 3. The van der Waals surface area contributed by atoms with E-state index in [1.807, 2.05) is 0 Å². The monoisotopic (exact) mass is 499 g/mol. The lowest BCUT2D eigenvalue weighted by Gasteiger charge is -2.29. The Balaban J connectivity index is 1.76. The van der Waals surface area contributed by atoms with Crippen LogP contribution in [0.3, 0.4) is 0 Å². The van der Waals surface area contributed by atoms with Gasteiger partial charge in [-0.15, -0.1) is 0 Å². The van der Waals surface area contributed by atoms with Crippen molar-refractivity contribution in [1.29, 1.82) is 0 Å². The molecular formula is C26H30FN3O6. The standard InChI is InChI=1S/C26H30FN3O6/c1-15-19(16(2)28-21(15)26(34)35-3)23(31)20-22(17-7-4-5-8-18(17)27)30(25(33)24(20)32)10-6-9-29-11-13-36-14-12-29/h4-5,7-8,22,28,31H,6,9-14H2,1-3H3/t22-/m0/s1. The third-order valence-electron chi connectivity index (χ3n) is 6.78. The number of hydrogen-bond donors (Lipinski definition) is 2. The van der Waals surface area contributed by atoms with E-state index in [2.05, 4.69) is 9.88 Å². The molecule has 9 nitrogen and oxygen atoms in total. The van der Waals surface area contributed by atoms with Gasteiger partial charge in [0, 0.05) is 43.0 Å². The first-order valence-electron chi connectivity index (χ1n) is 11.9. The number of aliphatic hydroxyl groups excluding tert-OH is 1. The quantitative estimate of drug-likeness (QED) is 0.261. The molecule has 1 atom stereocenters. The van der Waals surface area contributed by atoms with Gasteiger partial charge in [0.2, 0.25) is 0 Å². The molecule has 3 heterocycles. The van der Waals surface area contributed by atoms with Gasteiger partial charge in [0.1, 0.15) is 17.3 Å². The van der Waals surface area contributed by atoms with Crippen LogP contribution in [-0.2, 0) is 19.1 Å². The van der Waals surface area contributed by atoms with E-state index in [9.17, 15) is 23.9 Å². The molecule has 2 aliphatic heterocycles. The average molecular weight is 500 g/mol. The number of aromatic nitrogens is 1. The number of ketones is 1. The molecule has 0 aliphatic carbocycles. The fourth-order valence-corrected chi connectivity index (χ4v) is 4.97. The summed E-state index contributed by atoms with van der Waals surface area (Å²) in [5, 5.41) is 11.4. The normalized spacial score (nSPS) is 20.2. The summed E-state index contributed by atoms with van der Waals surface area (Å²) in [7, 11) is 1.23. The highest BCUT2D eigenvalue weighted by Crippen LogP contribution is 2.41. The molecular weight excluding hydrogens is 469 g/mol. The Bertz CT molecular complexity index is 1210. The predicted octanol–water partition coefficient (Wildman–Crippen LogP) is 2.70. The number of amides is 1. The third kappa shape index (κ3) is 4.66. The Morgan fingerprint density at radius 2 is 1.89 bits per heavy atom. The number of aliphatic hydroxyl groups is 1. The minimum Gasteiger partial charge on any atom is -0.507 e. The summed E-state index contributed by atoms with van der Waals surface area (Å²) in [4.78, 5) is 45.0. The van der Waals surface area contributed by atoms with E-state index in [1.165, 1.54) is 30.2 Å². The molecule has 2 N–H and O–H groups in total. The van der Waals surface area contributed by atoms with Gasteiger partial charge in [-0.25, -0.2) is 9.18 Å². The molecule has 2 fully saturated rings. The zero-order valence-electron chi connectivity index (χ0n) is 20.6. The lowest BCUT2D eigenvalue weighted by Crippen LogP contribution is -2.39. The smallest absolute Gasteiger partial charge is 0.354 e. The number of aryl methyl sites for hydroxylation is 1. The van der Waals surface area contributed by atoms with Crippen LogP contribution in [0.15, 0.2) is 29.8 Å². The van der Waals surface area contributed by atoms with Gasteiger partial charge in [-0.05, 0) is 31.9 Å². The van der Waals surface area contributed by atoms with Gasteiger partial charge in [0.15, 0.2) is 0 Å². The van der Waals surface area contributed by atoms with Gasteiger partial charge in [-0.1, -0.05) is 18.2 Å². The van der Waals surface area contributed by atoms with Crippen molar-refractivity contribution in [2.75, 3.05) is 46.5 Å². The molecule has 0 radical (unpaired) electrons. The van der Waals surface area contributed by atoms with Crippen molar-refractivity contribution in [2.45, 2.75) is 26.3 Å². The number of Topliss-reactive ketones (excluding diaryl/α,β-unsaturated/α-hetero) is 1. The Morgan fingerprint density at radius 3 is 2.56 bits per heavy atom. The highest BCUT2D eigenvalue weighted by molar-refractivity contribution is 6.46. The Morgan fingerprint density at radius 1 is 1.19 bits per heavy atom. The SMILES string of the molecule is COC(=O)c1[nH]c(C)c(C(O)=C2C(=O)C(=O)N(CCCN3CCOCC3)[C@H]2c2ccccc2F)c1C. The van der Waals surface area contributed by atoms with E-state index in [-0.39, 0.29) is 28.9 Å². The number of hydrogen-bond acceptors (Lipinski definition) is 7. The zero-order valence-corrected chi connectivity index (χ0v) is 20.6. The van der Waals surface area contributed by atoms with Gasteiger partial charge in [-0.3, -0.25) is 14.5 Å². The number of nitrogens with one attached hydrogen (secondary N) is 1. The Hall–Kier alpha value is -3.50. The van der Waals surface area contributed by atoms with Crippen LogP contribution < -0.4 is 0 Å². The van der Waals surface area contributed by atoms with Crippen LogP contribution in [0.1, 0.15) is 45.3 Å². The average Bonchev–Trinajstić information content (AvgIpc) is 3.31. The van der Waals surface area contributed by atoms with E-state index in [0.717, 1.165) is 13.1 Å². The number of esters is 1. The Labute approximate surface area is 208 Å². The molecule has 2 aliphatic rings. The molecule has 0 saturated carbocycles. The molecule has 36 heavy (non-hydrogen) atoms. The van der Waals surface area contributed by atoms with Crippen molar-refractivity contribution in [3.8, 4) is 0 Å². The van der Waals surface area contributed by atoms with Crippen molar-refractivity contribution >= 4 is 23.4 Å². The van der Waals surface area contributed by atoms with E-state index in [4.69, 9.17) is 9.47 Å². The van der Waals surface area contributed by atoms with Gasteiger partial charge in [-0.2, -0.15) is 0 Å². The maximum absolute atomic E-state index is 15.0. The van der Waals surface area contributed by atoms with Crippen LogP contribution in [-0.4, -0.2) is 84.1 Å². The highest BCUT2D eigenvalue weighted by atomic mass is 19.1. The Kier molecular flexibility index (Phi) is 7.56. The first-order chi connectivity index (χ1) is 17.3. The van der Waals surface area contributed by atoms with Crippen LogP contribution in [0.25, 0.3) is 5.76 Å². The number of aromatic amines is 1. The number of rotatable bonds is 7. The molecule has 2 saturated heterocycles. The minimum atomic E-state index is -1.11. The maximum atomic E-state index is 15.0. The van der Waals surface area contributed by atoms with Gasteiger partial charge in [0.25, 0.3) is 11.7 Å². The molecule has 0 spiro atoms. The van der Waals surface area contributed by atoms with Crippen LogP contribution in [0.2, 0.25) is 0 Å². The number of benzene rings is 1. The molecule has 1 aromatic heterocycles. The van der Waals surface area contributed by atoms with Crippen LogP contribution in [0.5, 0.6) is 0 Å². The molecule has 192 valence electrons. The van der Waals surface area contributed by atoms with E-state index in [1.54, 1.807) is 19.9 Å². The van der Waals surface area contributed by atoms with E-state index in [0.29, 0.717) is 37.4 Å². The van der Waals surface area contributed by atoms with Crippen molar-refractivity contribution in [2.24, 2.45) is 0 Å². The van der Waals surface area contributed by atoms with E-state index >= 15 is 0 Å². The van der Waals surface area contributed by atoms with Crippen molar-refractivity contribution in [1.82, 2.24) is 14.8 Å². The lowest BCUT2D eigenvalue weighted by molar-refractivity contribution is -0.140. The van der Waals surface area contributed by atoms with Crippen LogP contribution in [0.4, 0.5) is 4.39 Å². The molecule has 0 bridgehead atoms. The summed E-state index contributed by atoms with van der Waals surface area (Å²) < 4.78 is 25.1. The fraction of sp³-hybridized carbons (Fsp3) is 0.423. The van der Waals surface area contributed by atoms with Crippen molar-refractivity contribution in [3.63, 3.8) is 0 Å². The second kappa shape index (κ2) is 10.6. The second-order valence-electron chi connectivity index (χ2n) is 8.94. The topological polar surface area (TPSA) is 112 Å². The molecule has 0 unspecified atom stereocenters. The molecule has 4 rings (SSSR count). The summed E-state index contributed by atoms with van der Waals surface area (Å²) in [6, 6.07) is 4.79. The largest absolute Gasteiger partial charge is 0.507 e. The van der Waals surface area contributed by atoms with Crippen LogP contribution in [0, 0.1) is 19.7 Å². The van der Waals surface area contributed by atoms with Gasteiger partial charge >= 0.3 is 5.97 Å². The fourth-order valence-electron chi connectivity index (χ4n) is 4.97. The summed E-state index contributed by atoms with van der Waals surface area (Å²) in [5.74, 6) is -3.38. The third-order valence-corrected chi connectivity index (χ3v) is 6.78. The van der Waals surface area contributed by atoms with Crippen molar-refractivity contribution in [3.05, 3.63) is 63.7 Å². The van der Waals surface area contributed by atoms with Gasteiger partial charge < -0.3 is 24.5 Å². The highest BCUT2D eigenvalue weighted by Gasteiger charge is 2.47. The molecule has 1 aromatic carbocycles. The number of methoxy groups -OCH3 is 1. The minimum absolute atomic E-state index is 0.114. The predicted molar refractivity (Wildman–Crippen MR) is 129 cm³/mol. The zero-order chi connectivity index (χ0) is 26.0. The lowest BCUT2D eigenvalue weighted by atomic mass is 9.93. The van der Waals surface area contributed by atoms with Gasteiger partial charge in [0.05, 0.1) is 31.9 Å². The number of H-pyrrole nitrogens is 1. The van der Waals surface area contributed by atoms with E-state index < -0.39 is 35.3 Å². The number of nitrogens with zero attached hydrogens (tertiary/aromatic N) is 2. The number of likely N-dealkylation sites (tertiary alicyclic amines) is 1. The summed E-state index contributed by atoms with van der Waals surface area (Å²) in [5.41, 5.74) is 1.02. The van der Waals surface area contributed by atoms with Crippen molar-refractivity contribution < 1.29 is 33.4 Å². The first-order valence-corrected chi connectivity index (χ1v) is 11.9. The number of morpholine rings is 1. The first kappa shape index (κ1) is 25.6. The molecule has 10 heteroatoms. The maximum Gasteiger partial charge on any atom is 0.354 e. The second-order valence-corrected chi connectivity index (χ2v) is 8.94. The summed E-state index contributed by atoms with van der Waals surface area (Å²) in [6.45, 7) is 6.97. The molecule has 1 amide bonds. The number of carbonyl (C=O) groups is 3. The summed E-state index contributed by atoms with van der Waals surface area (Å²) in [6.07, 6.45) is 0.562. The number of halogens is 1. The van der Waals surface area contributed by atoms with Crippen LogP contribution >= 0.6 is 0 Å². The summed E-state index contributed by atoms with van der Waals surface area (Å²) >= 11 is 0. The number of ether oxygens (including phenoxy) is 2.